The Morgan fingerprint density at radius 3 is 2.61 bits per heavy atom. The minimum absolute atomic E-state index is 0.0822. The molecular formula is C17H15FN2O3. The lowest BCUT2D eigenvalue weighted by molar-refractivity contribution is -0.116. The van der Waals surface area contributed by atoms with Gasteiger partial charge >= 0.3 is 0 Å². The van der Waals surface area contributed by atoms with Gasteiger partial charge in [0.25, 0.3) is 5.91 Å². The van der Waals surface area contributed by atoms with Gasteiger partial charge in [-0.05, 0) is 35.9 Å². The van der Waals surface area contributed by atoms with Crippen molar-refractivity contribution >= 4 is 17.5 Å². The van der Waals surface area contributed by atoms with E-state index in [1.54, 1.807) is 19.2 Å². The number of anilines is 1. The van der Waals surface area contributed by atoms with Crippen molar-refractivity contribution in [3.63, 3.8) is 0 Å². The number of halogens is 1. The van der Waals surface area contributed by atoms with Crippen molar-refractivity contribution < 1.29 is 18.7 Å². The maximum atomic E-state index is 13.4. The third kappa shape index (κ3) is 3.15. The number of methoxy groups -OCH3 is 1. The van der Waals surface area contributed by atoms with Crippen LogP contribution in [0.25, 0.3) is 0 Å². The third-order valence-electron chi connectivity index (χ3n) is 3.64. The van der Waals surface area contributed by atoms with E-state index >= 15 is 0 Å². The molecular weight excluding hydrogens is 299 g/mol. The van der Waals surface area contributed by atoms with Crippen LogP contribution < -0.4 is 10.1 Å². The SMILES string of the molecule is COc1ccc(CN2CC(=O)Nc3ccc(F)cc3C2=O)cc1. The number of carbonyl (C=O) groups excluding carboxylic acids is 2. The summed E-state index contributed by atoms with van der Waals surface area (Å²) in [5, 5.41) is 2.63. The fourth-order valence-electron chi connectivity index (χ4n) is 2.49. The Balaban J connectivity index is 1.89. The summed E-state index contributed by atoms with van der Waals surface area (Å²) in [5.74, 6) is -0.496. The molecule has 0 atom stereocenters. The smallest absolute Gasteiger partial charge is 0.256 e. The lowest BCUT2D eigenvalue weighted by Gasteiger charge is -2.19. The zero-order valence-electron chi connectivity index (χ0n) is 12.5. The highest BCUT2D eigenvalue weighted by Gasteiger charge is 2.26. The van der Waals surface area contributed by atoms with E-state index in [0.29, 0.717) is 11.4 Å². The van der Waals surface area contributed by atoms with Crippen LogP contribution in [-0.2, 0) is 11.3 Å². The van der Waals surface area contributed by atoms with Crippen molar-refractivity contribution in [3.8, 4) is 5.75 Å². The predicted octanol–water partition coefficient (Wildman–Crippen LogP) is 2.43. The molecule has 2 aromatic carbocycles. The second-order valence-electron chi connectivity index (χ2n) is 5.25. The van der Waals surface area contributed by atoms with Crippen molar-refractivity contribution in [1.82, 2.24) is 4.90 Å². The van der Waals surface area contributed by atoms with Crippen molar-refractivity contribution in [2.24, 2.45) is 0 Å². The number of ether oxygens (including phenoxy) is 1. The lowest BCUT2D eigenvalue weighted by Crippen LogP contribution is -2.34. The molecule has 23 heavy (non-hydrogen) atoms. The molecule has 0 saturated heterocycles. The van der Waals surface area contributed by atoms with Crippen LogP contribution in [0.5, 0.6) is 5.75 Å². The van der Waals surface area contributed by atoms with Crippen molar-refractivity contribution in [2.75, 3.05) is 19.0 Å². The van der Waals surface area contributed by atoms with Gasteiger partial charge in [-0.1, -0.05) is 12.1 Å². The summed E-state index contributed by atoms with van der Waals surface area (Å²) in [6.07, 6.45) is 0. The molecule has 6 heteroatoms. The Morgan fingerprint density at radius 2 is 1.91 bits per heavy atom. The van der Waals surface area contributed by atoms with Crippen LogP contribution in [0.3, 0.4) is 0 Å². The van der Waals surface area contributed by atoms with Gasteiger partial charge in [0.2, 0.25) is 5.91 Å². The average molecular weight is 314 g/mol. The Hall–Kier alpha value is -2.89. The molecule has 0 bridgehead atoms. The summed E-state index contributed by atoms with van der Waals surface area (Å²) in [6, 6.07) is 11.0. The van der Waals surface area contributed by atoms with E-state index < -0.39 is 5.82 Å². The molecule has 2 aromatic rings. The number of nitrogens with one attached hydrogen (secondary N) is 1. The van der Waals surface area contributed by atoms with Crippen LogP contribution in [-0.4, -0.2) is 30.4 Å². The van der Waals surface area contributed by atoms with Crippen LogP contribution >= 0.6 is 0 Å². The Kier molecular flexibility index (Phi) is 3.97. The van der Waals surface area contributed by atoms with Crippen molar-refractivity contribution in [1.29, 1.82) is 0 Å². The largest absolute Gasteiger partial charge is 0.497 e. The maximum absolute atomic E-state index is 13.4. The number of carbonyl (C=O) groups is 2. The Bertz CT molecular complexity index is 759. The number of nitrogens with zero attached hydrogens (tertiary/aromatic N) is 1. The first-order valence-corrected chi connectivity index (χ1v) is 7.08. The molecule has 0 aromatic heterocycles. The summed E-state index contributed by atoms with van der Waals surface area (Å²) in [5.41, 5.74) is 1.34. The monoisotopic (exact) mass is 314 g/mol. The van der Waals surface area contributed by atoms with Crippen LogP contribution in [0.2, 0.25) is 0 Å². The van der Waals surface area contributed by atoms with Gasteiger partial charge in [0, 0.05) is 6.54 Å². The van der Waals surface area contributed by atoms with E-state index in [2.05, 4.69) is 5.32 Å². The van der Waals surface area contributed by atoms with Gasteiger partial charge in [0.1, 0.15) is 18.1 Å². The van der Waals surface area contributed by atoms with Gasteiger partial charge in [-0.3, -0.25) is 9.59 Å². The van der Waals surface area contributed by atoms with Crippen LogP contribution in [0, 0.1) is 5.82 Å². The van der Waals surface area contributed by atoms with E-state index in [4.69, 9.17) is 4.74 Å². The standard InChI is InChI=1S/C17H15FN2O3/c1-23-13-5-2-11(3-6-13)9-20-10-16(21)19-15-7-4-12(18)8-14(15)17(20)22/h2-8H,9-10H2,1H3,(H,19,21). The number of rotatable bonds is 3. The zero-order chi connectivity index (χ0) is 16.4. The summed E-state index contributed by atoms with van der Waals surface area (Å²) in [7, 11) is 1.57. The van der Waals surface area contributed by atoms with Gasteiger partial charge in [-0.25, -0.2) is 4.39 Å². The van der Waals surface area contributed by atoms with E-state index in [-0.39, 0.29) is 30.5 Å². The summed E-state index contributed by atoms with van der Waals surface area (Å²) in [4.78, 5) is 26.0. The molecule has 0 fully saturated rings. The molecule has 0 aliphatic carbocycles. The van der Waals surface area contributed by atoms with Crippen molar-refractivity contribution in [3.05, 3.63) is 59.4 Å². The van der Waals surface area contributed by atoms with E-state index in [1.165, 1.54) is 17.0 Å². The zero-order valence-corrected chi connectivity index (χ0v) is 12.5. The second-order valence-corrected chi connectivity index (χ2v) is 5.25. The minimum Gasteiger partial charge on any atom is -0.497 e. The molecule has 1 aliphatic rings. The van der Waals surface area contributed by atoms with Crippen LogP contribution in [0.15, 0.2) is 42.5 Å². The Morgan fingerprint density at radius 1 is 1.17 bits per heavy atom. The molecule has 1 N–H and O–H groups in total. The van der Waals surface area contributed by atoms with Crippen LogP contribution in [0.4, 0.5) is 10.1 Å². The number of amides is 2. The number of hydrogen-bond donors (Lipinski definition) is 1. The molecule has 2 amide bonds. The van der Waals surface area contributed by atoms with Crippen LogP contribution in [0.1, 0.15) is 15.9 Å². The van der Waals surface area contributed by atoms with Gasteiger partial charge in [-0.2, -0.15) is 0 Å². The number of benzene rings is 2. The van der Waals surface area contributed by atoms with Crippen molar-refractivity contribution in [2.45, 2.75) is 6.54 Å². The van der Waals surface area contributed by atoms with Gasteiger partial charge < -0.3 is 15.0 Å². The summed E-state index contributed by atoms with van der Waals surface area (Å²) >= 11 is 0. The normalized spacial score (nSPS) is 14.1. The molecule has 0 radical (unpaired) electrons. The second kappa shape index (κ2) is 6.08. The molecule has 1 heterocycles. The highest BCUT2D eigenvalue weighted by Crippen LogP contribution is 2.23. The highest BCUT2D eigenvalue weighted by atomic mass is 19.1. The average Bonchev–Trinajstić information content (AvgIpc) is 2.66. The van der Waals surface area contributed by atoms with E-state index in [1.807, 2.05) is 12.1 Å². The molecule has 0 spiro atoms. The predicted molar refractivity (Wildman–Crippen MR) is 82.8 cm³/mol. The molecule has 0 unspecified atom stereocenters. The summed E-state index contributed by atoms with van der Waals surface area (Å²) < 4.78 is 18.5. The quantitative estimate of drug-likeness (QED) is 0.946. The molecule has 1 aliphatic heterocycles. The first-order valence-electron chi connectivity index (χ1n) is 7.08. The third-order valence-corrected chi connectivity index (χ3v) is 3.64. The molecule has 0 saturated carbocycles. The van der Waals surface area contributed by atoms with Gasteiger partial charge in [-0.15, -0.1) is 0 Å². The first kappa shape index (κ1) is 15.0. The maximum Gasteiger partial charge on any atom is 0.256 e. The summed E-state index contributed by atoms with van der Waals surface area (Å²) in [6.45, 7) is 0.174. The minimum atomic E-state index is -0.516. The number of hydrogen-bond acceptors (Lipinski definition) is 3. The number of fused-ring (bicyclic) bond motifs is 1. The first-order chi connectivity index (χ1) is 11.1. The molecule has 3 rings (SSSR count). The molecule has 118 valence electrons. The molecule has 5 nitrogen and oxygen atoms in total. The topological polar surface area (TPSA) is 58.6 Å². The fraction of sp³-hybridized carbons (Fsp3) is 0.176. The van der Waals surface area contributed by atoms with Gasteiger partial charge in [0.15, 0.2) is 0 Å². The Labute approximate surface area is 132 Å². The van der Waals surface area contributed by atoms with E-state index in [0.717, 1.165) is 11.6 Å². The highest BCUT2D eigenvalue weighted by molar-refractivity contribution is 6.08. The van der Waals surface area contributed by atoms with E-state index in [9.17, 15) is 14.0 Å². The lowest BCUT2D eigenvalue weighted by atomic mass is 10.1. The fourth-order valence-corrected chi connectivity index (χ4v) is 2.49. The van der Waals surface area contributed by atoms with Gasteiger partial charge in [0.05, 0.1) is 18.4 Å².